The second-order valence-electron chi connectivity index (χ2n) is 4.64. The van der Waals surface area contributed by atoms with E-state index in [-0.39, 0.29) is 12.5 Å². The molecule has 0 saturated heterocycles. The molecule has 0 radical (unpaired) electrons. The summed E-state index contributed by atoms with van der Waals surface area (Å²) in [6.07, 6.45) is 2.48. The van der Waals surface area contributed by atoms with Gasteiger partial charge in [0.25, 0.3) is 0 Å². The van der Waals surface area contributed by atoms with Crippen LogP contribution in [0.25, 0.3) is 0 Å². The molecule has 0 spiro atoms. The van der Waals surface area contributed by atoms with Crippen LogP contribution in [0.4, 0.5) is 0 Å². The molecule has 0 bridgehead atoms. The Labute approximate surface area is 102 Å². The molecule has 1 aromatic rings. The molecule has 0 amide bonds. The molecule has 0 fully saturated rings. The van der Waals surface area contributed by atoms with Crippen LogP contribution in [0.2, 0.25) is 0 Å². The van der Waals surface area contributed by atoms with Crippen LogP contribution < -0.4 is 0 Å². The van der Waals surface area contributed by atoms with E-state index in [4.69, 9.17) is 5.11 Å². The molecule has 0 unspecified atom stereocenters. The number of aliphatic carboxylic acids is 1. The predicted octanol–water partition coefficient (Wildman–Crippen LogP) is 2.82. The second-order valence-corrected chi connectivity index (χ2v) is 4.64. The van der Waals surface area contributed by atoms with Gasteiger partial charge in [0.2, 0.25) is 0 Å². The van der Waals surface area contributed by atoms with Crippen LogP contribution in [0.5, 0.6) is 0 Å². The molecule has 92 valence electrons. The van der Waals surface area contributed by atoms with Crippen LogP contribution in [0.15, 0.2) is 24.3 Å². The third kappa shape index (κ3) is 2.67. The summed E-state index contributed by atoms with van der Waals surface area (Å²) in [5.74, 6) is -0.715. The van der Waals surface area contributed by atoms with Gasteiger partial charge in [0.05, 0.1) is 6.42 Å². The number of carbonyl (C=O) groups is 1. The Bertz CT molecular complexity index is 403. The Morgan fingerprint density at radius 3 is 2.94 bits per heavy atom. The highest BCUT2D eigenvalue weighted by molar-refractivity contribution is 5.68. The van der Waals surface area contributed by atoms with E-state index in [2.05, 4.69) is 24.0 Å². The van der Waals surface area contributed by atoms with Crippen molar-refractivity contribution < 1.29 is 9.90 Å². The standard InChI is InChI=1S/C14H19NO2/c1-2-3-8-15-10-11-6-4-5-7-12(11)13(15)9-14(16)17/h4-7,13H,2-3,8-10H2,1H3,(H,16,17)/t13-/m1/s1. The summed E-state index contributed by atoms with van der Waals surface area (Å²) in [6, 6.07) is 8.26. The van der Waals surface area contributed by atoms with Gasteiger partial charge in [-0.25, -0.2) is 0 Å². The number of hydrogen-bond donors (Lipinski definition) is 1. The van der Waals surface area contributed by atoms with Gasteiger partial charge in [-0.1, -0.05) is 37.6 Å². The number of carboxylic acid groups (broad SMARTS) is 1. The predicted molar refractivity (Wildman–Crippen MR) is 66.8 cm³/mol. The molecule has 2 rings (SSSR count). The van der Waals surface area contributed by atoms with E-state index in [0.29, 0.717) is 0 Å². The lowest BCUT2D eigenvalue weighted by atomic mass is 10.0. The van der Waals surface area contributed by atoms with Crippen LogP contribution in [0.3, 0.4) is 0 Å². The van der Waals surface area contributed by atoms with Gasteiger partial charge in [-0.2, -0.15) is 0 Å². The Balaban J connectivity index is 2.17. The topological polar surface area (TPSA) is 40.5 Å². The van der Waals surface area contributed by atoms with Gasteiger partial charge in [-0.05, 0) is 24.1 Å². The molecule has 1 aliphatic rings. The highest BCUT2D eigenvalue weighted by atomic mass is 16.4. The van der Waals surface area contributed by atoms with E-state index in [1.54, 1.807) is 0 Å². The minimum absolute atomic E-state index is 0.0650. The monoisotopic (exact) mass is 233 g/mol. The summed E-state index contributed by atoms with van der Waals surface area (Å²) in [7, 11) is 0. The third-order valence-electron chi connectivity index (χ3n) is 3.40. The fraction of sp³-hybridized carbons (Fsp3) is 0.500. The number of carboxylic acids is 1. The van der Waals surface area contributed by atoms with Gasteiger partial charge in [-0.15, -0.1) is 0 Å². The quantitative estimate of drug-likeness (QED) is 0.850. The molecule has 1 atom stereocenters. The lowest BCUT2D eigenvalue weighted by Gasteiger charge is -2.23. The maximum absolute atomic E-state index is 11.0. The first-order valence-electron chi connectivity index (χ1n) is 6.26. The van der Waals surface area contributed by atoms with E-state index in [1.165, 1.54) is 11.1 Å². The largest absolute Gasteiger partial charge is 0.481 e. The maximum Gasteiger partial charge on any atom is 0.305 e. The van der Waals surface area contributed by atoms with Gasteiger partial charge in [0.1, 0.15) is 0 Å². The first kappa shape index (κ1) is 12.1. The normalized spacial score (nSPS) is 19.2. The summed E-state index contributed by atoms with van der Waals surface area (Å²) in [5, 5.41) is 9.02. The highest BCUT2D eigenvalue weighted by Crippen LogP contribution is 2.35. The van der Waals surface area contributed by atoms with Gasteiger partial charge < -0.3 is 5.11 Å². The molecular weight excluding hydrogens is 214 g/mol. The molecular formula is C14H19NO2. The van der Waals surface area contributed by atoms with Crippen LogP contribution >= 0.6 is 0 Å². The van der Waals surface area contributed by atoms with Gasteiger partial charge in [0, 0.05) is 12.6 Å². The molecule has 1 heterocycles. The third-order valence-corrected chi connectivity index (χ3v) is 3.40. The first-order chi connectivity index (χ1) is 8.22. The summed E-state index contributed by atoms with van der Waals surface area (Å²) < 4.78 is 0. The van der Waals surface area contributed by atoms with E-state index in [0.717, 1.165) is 25.9 Å². The Morgan fingerprint density at radius 1 is 1.47 bits per heavy atom. The average Bonchev–Trinajstić information content (AvgIpc) is 2.64. The zero-order chi connectivity index (χ0) is 12.3. The summed E-state index contributed by atoms with van der Waals surface area (Å²) in [4.78, 5) is 13.3. The van der Waals surface area contributed by atoms with Crippen molar-refractivity contribution in [3.05, 3.63) is 35.4 Å². The molecule has 0 saturated carbocycles. The lowest BCUT2D eigenvalue weighted by Crippen LogP contribution is -2.25. The van der Waals surface area contributed by atoms with Crippen LogP contribution in [0.1, 0.15) is 43.4 Å². The molecule has 3 nitrogen and oxygen atoms in total. The van der Waals surface area contributed by atoms with E-state index in [9.17, 15) is 4.79 Å². The van der Waals surface area contributed by atoms with E-state index < -0.39 is 5.97 Å². The SMILES string of the molecule is CCCCN1Cc2ccccc2[C@H]1CC(=O)O. The average molecular weight is 233 g/mol. The zero-order valence-electron chi connectivity index (χ0n) is 10.2. The molecule has 0 aromatic heterocycles. The molecule has 3 heteroatoms. The highest BCUT2D eigenvalue weighted by Gasteiger charge is 2.30. The second kappa shape index (κ2) is 5.32. The summed E-state index contributed by atoms with van der Waals surface area (Å²) in [5.41, 5.74) is 2.49. The lowest BCUT2D eigenvalue weighted by molar-refractivity contribution is -0.138. The van der Waals surface area contributed by atoms with Crippen molar-refractivity contribution in [1.29, 1.82) is 0 Å². The smallest absolute Gasteiger partial charge is 0.305 e. The maximum atomic E-state index is 11.0. The van der Waals surface area contributed by atoms with E-state index >= 15 is 0 Å². The van der Waals surface area contributed by atoms with Crippen LogP contribution in [-0.2, 0) is 11.3 Å². The Morgan fingerprint density at radius 2 is 2.24 bits per heavy atom. The molecule has 1 aromatic carbocycles. The van der Waals surface area contributed by atoms with Crippen LogP contribution in [0, 0.1) is 0 Å². The number of rotatable bonds is 5. The first-order valence-corrected chi connectivity index (χ1v) is 6.26. The van der Waals surface area contributed by atoms with Crippen molar-refractivity contribution in [2.45, 2.75) is 38.8 Å². The molecule has 1 aliphatic heterocycles. The Kier molecular flexibility index (Phi) is 3.79. The molecule has 1 N–H and O–H groups in total. The van der Waals surface area contributed by atoms with Gasteiger partial charge in [0.15, 0.2) is 0 Å². The number of fused-ring (bicyclic) bond motifs is 1. The van der Waals surface area contributed by atoms with Crippen molar-refractivity contribution in [1.82, 2.24) is 4.90 Å². The minimum atomic E-state index is -0.715. The number of unbranched alkanes of at least 4 members (excludes halogenated alkanes) is 1. The molecule has 0 aliphatic carbocycles. The van der Waals surface area contributed by atoms with Crippen molar-refractivity contribution in [3.8, 4) is 0 Å². The van der Waals surface area contributed by atoms with Crippen molar-refractivity contribution in [2.24, 2.45) is 0 Å². The summed E-state index contributed by atoms with van der Waals surface area (Å²) in [6.45, 7) is 4.05. The summed E-state index contributed by atoms with van der Waals surface area (Å²) >= 11 is 0. The minimum Gasteiger partial charge on any atom is -0.481 e. The van der Waals surface area contributed by atoms with Crippen molar-refractivity contribution >= 4 is 5.97 Å². The van der Waals surface area contributed by atoms with Crippen LogP contribution in [-0.4, -0.2) is 22.5 Å². The Hall–Kier alpha value is -1.35. The zero-order valence-corrected chi connectivity index (χ0v) is 10.2. The fourth-order valence-electron chi connectivity index (χ4n) is 2.53. The fourth-order valence-corrected chi connectivity index (χ4v) is 2.53. The van der Waals surface area contributed by atoms with Gasteiger partial charge >= 0.3 is 5.97 Å². The van der Waals surface area contributed by atoms with Gasteiger partial charge in [-0.3, -0.25) is 9.69 Å². The number of nitrogens with zero attached hydrogens (tertiary/aromatic N) is 1. The van der Waals surface area contributed by atoms with E-state index in [1.807, 2.05) is 12.1 Å². The number of benzene rings is 1. The van der Waals surface area contributed by atoms with Crippen molar-refractivity contribution in [2.75, 3.05) is 6.54 Å². The number of hydrogen-bond acceptors (Lipinski definition) is 2. The molecule has 17 heavy (non-hydrogen) atoms. The van der Waals surface area contributed by atoms with Crippen molar-refractivity contribution in [3.63, 3.8) is 0 Å².